The molecule has 3 heteroatoms. The molecule has 0 spiro atoms. The molecule has 1 aliphatic heterocycles. The van der Waals surface area contributed by atoms with Crippen LogP contribution in [0.25, 0.3) is 0 Å². The van der Waals surface area contributed by atoms with Gasteiger partial charge in [-0.2, -0.15) is 0 Å². The molecule has 1 rings (SSSR count). The van der Waals surface area contributed by atoms with Gasteiger partial charge in [0.25, 0.3) is 0 Å². The van der Waals surface area contributed by atoms with Gasteiger partial charge in [-0.15, -0.1) is 0 Å². The molecule has 0 bridgehead atoms. The van der Waals surface area contributed by atoms with Crippen LogP contribution in [-0.2, 0) is 4.79 Å². The van der Waals surface area contributed by atoms with Gasteiger partial charge in [-0.05, 0) is 0 Å². The van der Waals surface area contributed by atoms with Crippen LogP contribution in [0.1, 0.15) is 0 Å². The van der Waals surface area contributed by atoms with Crippen LogP contribution < -0.4 is 0 Å². The average molecular weight is 82.9 g/mol. The van der Waals surface area contributed by atoms with Crippen molar-refractivity contribution in [2.75, 3.05) is 13.1 Å². The molecule has 2 nitrogen and oxygen atoms in total. The van der Waals surface area contributed by atoms with Crippen LogP contribution in [-0.4, -0.2) is 31.7 Å². The maximum absolute atomic E-state index is 10.1. The highest BCUT2D eigenvalue weighted by Crippen LogP contribution is 1.93. The molecule has 0 aromatic carbocycles. The van der Waals surface area contributed by atoms with E-state index in [2.05, 4.69) is 0 Å². The highest BCUT2D eigenvalue weighted by molar-refractivity contribution is 6.11. The van der Waals surface area contributed by atoms with Crippen molar-refractivity contribution in [2.24, 2.45) is 0 Å². The summed E-state index contributed by atoms with van der Waals surface area (Å²) in [7, 11) is 1.93. The molecule has 0 unspecified atom stereocenters. The molecule has 32 valence electrons. The molecule has 0 saturated carbocycles. The summed E-state index contributed by atoms with van der Waals surface area (Å²) in [6.07, 6.45) is 0. The molecule has 0 amide bonds. The zero-order valence-corrected chi connectivity index (χ0v) is 3.77. The molecule has 6 heavy (non-hydrogen) atoms. The largest absolute Gasteiger partial charge is 0.337 e. The highest BCUT2D eigenvalue weighted by Gasteiger charge is 2.16. The first kappa shape index (κ1) is 3.87. The fraction of sp³-hybridized carbons (Fsp3) is 0.667. The van der Waals surface area contributed by atoms with Gasteiger partial charge in [-0.3, -0.25) is 4.79 Å². The van der Waals surface area contributed by atoms with Gasteiger partial charge in [0.1, 0.15) is 0 Å². The molecule has 0 atom stereocenters. The van der Waals surface area contributed by atoms with Crippen LogP contribution in [0, 0.1) is 0 Å². The Bertz CT molecular complexity index is 74.9. The minimum absolute atomic E-state index is 0.359. The van der Waals surface area contributed by atoms with Crippen LogP contribution in [0.5, 0.6) is 0 Å². The van der Waals surface area contributed by atoms with Gasteiger partial charge in [-0.1, -0.05) is 0 Å². The Morgan fingerprint density at radius 2 is 2.17 bits per heavy atom. The second-order valence-corrected chi connectivity index (χ2v) is 1.71. The topological polar surface area (TPSA) is 20.3 Å². The molecule has 1 saturated heterocycles. The van der Waals surface area contributed by atoms with Crippen LogP contribution in [0.4, 0.5) is 0 Å². The Labute approximate surface area is 37.6 Å². The molecule has 0 aromatic rings. The molecule has 1 aliphatic rings. The third-order valence-corrected chi connectivity index (χ3v) is 0.893. The zero-order chi connectivity index (χ0) is 4.57. The van der Waals surface area contributed by atoms with Crippen LogP contribution in [0.2, 0.25) is 0 Å². The van der Waals surface area contributed by atoms with Crippen molar-refractivity contribution in [3.05, 3.63) is 0 Å². The lowest BCUT2D eigenvalue weighted by Crippen LogP contribution is -2.44. The first-order valence-corrected chi connectivity index (χ1v) is 1.99. The fourth-order valence-electron chi connectivity index (χ4n) is 0.556. The summed E-state index contributed by atoms with van der Waals surface area (Å²) >= 11 is 0. The predicted molar refractivity (Wildman–Crippen MR) is 25.1 cm³/mol. The minimum atomic E-state index is 0.359. The van der Waals surface area contributed by atoms with Crippen molar-refractivity contribution >= 4 is 13.8 Å². The van der Waals surface area contributed by atoms with E-state index in [-0.39, 0.29) is 0 Å². The normalized spacial score (nSPS) is 23.7. The standard InChI is InChI=1S/C3H6BNO/c4-5-1-3(6)2-5/h1-2,4H2. The predicted octanol–water partition coefficient (Wildman–Crippen LogP) is -1.58. The molecule has 0 aliphatic carbocycles. The smallest absolute Gasteiger partial charge is 0.186 e. The van der Waals surface area contributed by atoms with Gasteiger partial charge in [0.05, 0.1) is 0 Å². The van der Waals surface area contributed by atoms with Crippen LogP contribution in [0.3, 0.4) is 0 Å². The van der Waals surface area contributed by atoms with E-state index in [0.717, 1.165) is 0 Å². The van der Waals surface area contributed by atoms with Crippen molar-refractivity contribution < 1.29 is 4.79 Å². The van der Waals surface area contributed by atoms with Gasteiger partial charge in [0, 0.05) is 13.1 Å². The number of ketones is 1. The van der Waals surface area contributed by atoms with E-state index in [4.69, 9.17) is 0 Å². The van der Waals surface area contributed by atoms with E-state index in [1.165, 1.54) is 0 Å². The molecule has 0 radical (unpaired) electrons. The van der Waals surface area contributed by atoms with Crippen molar-refractivity contribution in [1.82, 2.24) is 4.81 Å². The van der Waals surface area contributed by atoms with Gasteiger partial charge >= 0.3 is 0 Å². The molecule has 1 fully saturated rings. The van der Waals surface area contributed by atoms with Gasteiger partial charge in [0.2, 0.25) is 0 Å². The summed E-state index contributed by atoms with van der Waals surface area (Å²) in [5, 5.41) is 0. The summed E-state index contributed by atoms with van der Waals surface area (Å²) in [5.74, 6) is 0.359. The monoisotopic (exact) mass is 83.1 g/mol. The summed E-state index contributed by atoms with van der Waals surface area (Å²) in [4.78, 5) is 12.0. The van der Waals surface area contributed by atoms with Gasteiger partial charge in [0.15, 0.2) is 13.8 Å². The molecular formula is C3H6BNO. The first-order valence-electron chi connectivity index (χ1n) is 1.99. The third-order valence-electron chi connectivity index (χ3n) is 0.893. The number of rotatable bonds is 0. The van der Waals surface area contributed by atoms with Crippen LogP contribution >= 0.6 is 0 Å². The summed E-state index contributed by atoms with van der Waals surface area (Å²) in [6.45, 7) is 1.33. The molecular weight excluding hydrogens is 76.9 g/mol. The van der Waals surface area contributed by atoms with Crippen molar-refractivity contribution in [2.45, 2.75) is 0 Å². The van der Waals surface area contributed by atoms with Crippen LogP contribution in [0.15, 0.2) is 0 Å². The van der Waals surface area contributed by atoms with E-state index in [0.29, 0.717) is 18.9 Å². The number of hydrogen-bond donors (Lipinski definition) is 0. The summed E-state index contributed by atoms with van der Waals surface area (Å²) < 4.78 is 0. The summed E-state index contributed by atoms with van der Waals surface area (Å²) in [6, 6.07) is 0. The number of Topliss-reactive ketones (excluding diaryl/α,β-unsaturated/α-hetero) is 1. The molecule has 1 heterocycles. The fourth-order valence-corrected chi connectivity index (χ4v) is 0.556. The first-order chi connectivity index (χ1) is 2.79. The zero-order valence-electron chi connectivity index (χ0n) is 3.77. The average Bonchev–Trinajstić information content (AvgIpc) is 1.33. The lowest BCUT2D eigenvalue weighted by molar-refractivity contribution is -0.125. The third kappa shape index (κ3) is 0.453. The molecule has 0 aromatic heterocycles. The number of nitrogens with zero attached hydrogens (tertiary/aromatic N) is 1. The second-order valence-electron chi connectivity index (χ2n) is 1.71. The van der Waals surface area contributed by atoms with E-state index >= 15 is 0 Å². The van der Waals surface area contributed by atoms with E-state index < -0.39 is 0 Å². The maximum Gasteiger partial charge on any atom is 0.186 e. The maximum atomic E-state index is 10.1. The number of hydrogen-bond acceptors (Lipinski definition) is 2. The molecule has 0 N–H and O–H groups in total. The number of carbonyl (C=O) groups excluding carboxylic acids is 1. The second kappa shape index (κ2) is 1.08. The Hall–Kier alpha value is -0.305. The SMILES string of the molecule is BN1CC(=O)C1. The minimum Gasteiger partial charge on any atom is -0.337 e. The van der Waals surface area contributed by atoms with E-state index in [9.17, 15) is 4.79 Å². The lowest BCUT2D eigenvalue weighted by atomic mass is 10.1. The van der Waals surface area contributed by atoms with Crippen molar-refractivity contribution in [3.8, 4) is 0 Å². The van der Waals surface area contributed by atoms with Gasteiger partial charge in [-0.25, -0.2) is 0 Å². The number of carbonyl (C=O) groups is 1. The Morgan fingerprint density at radius 1 is 1.67 bits per heavy atom. The summed E-state index contributed by atoms with van der Waals surface area (Å²) in [5.41, 5.74) is 0. The Balaban J connectivity index is 2.28. The van der Waals surface area contributed by atoms with E-state index in [1.807, 2.05) is 12.8 Å². The Kier molecular flexibility index (Phi) is 0.698. The van der Waals surface area contributed by atoms with Gasteiger partial charge < -0.3 is 4.81 Å². The van der Waals surface area contributed by atoms with Crippen molar-refractivity contribution in [3.63, 3.8) is 0 Å². The lowest BCUT2D eigenvalue weighted by Gasteiger charge is -2.23. The Morgan fingerprint density at radius 3 is 2.17 bits per heavy atom. The highest BCUT2D eigenvalue weighted by atomic mass is 16.1. The van der Waals surface area contributed by atoms with E-state index in [1.54, 1.807) is 0 Å². The van der Waals surface area contributed by atoms with Crippen molar-refractivity contribution in [1.29, 1.82) is 0 Å². The quantitative estimate of drug-likeness (QED) is 0.329.